The lowest BCUT2D eigenvalue weighted by atomic mass is 10.1. The van der Waals surface area contributed by atoms with E-state index >= 15 is 0 Å². The van der Waals surface area contributed by atoms with Crippen LogP contribution in [-0.4, -0.2) is 18.2 Å². The van der Waals surface area contributed by atoms with Gasteiger partial charge in [0.2, 0.25) is 0 Å². The van der Waals surface area contributed by atoms with Gasteiger partial charge in [0.25, 0.3) is 11.7 Å². The van der Waals surface area contributed by atoms with Gasteiger partial charge in [-0.05, 0) is 24.5 Å². The first kappa shape index (κ1) is 11.8. The number of carbonyl (C=O) groups excluding carboxylic acids is 2. The summed E-state index contributed by atoms with van der Waals surface area (Å²) in [4.78, 5) is 25.3. The van der Waals surface area contributed by atoms with Crippen LogP contribution >= 0.6 is 0 Å². The van der Waals surface area contributed by atoms with Gasteiger partial charge < -0.3 is 4.90 Å². The molecular weight excluding hydrogens is 214 g/mol. The third kappa shape index (κ3) is 2.09. The second kappa shape index (κ2) is 4.70. The van der Waals surface area contributed by atoms with E-state index in [0.29, 0.717) is 18.0 Å². The van der Waals surface area contributed by atoms with Crippen LogP contribution in [0.1, 0.15) is 37.0 Å². The number of benzene rings is 1. The summed E-state index contributed by atoms with van der Waals surface area (Å²) in [6.45, 7) is 4.87. The first-order valence-electron chi connectivity index (χ1n) is 6.10. The molecule has 90 valence electrons. The molecule has 0 aromatic heterocycles. The average molecular weight is 231 g/mol. The third-order valence-electron chi connectivity index (χ3n) is 3.15. The van der Waals surface area contributed by atoms with Gasteiger partial charge in [-0.15, -0.1) is 0 Å². The lowest BCUT2D eigenvalue weighted by Gasteiger charge is -2.20. The fourth-order valence-corrected chi connectivity index (χ4v) is 2.33. The lowest BCUT2D eigenvalue weighted by Crippen LogP contribution is -2.33. The summed E-state index contributed by atoms with van der Waals surface area (Å²) < 4.78 is 0. The van der Waals surface area contributed by atoms with Gasteiger partial charge in [0.15, 0.2) is 0 Å². The van der Waals surface area contributed by atoms with Crippen molar-refractivity contribution >= 4 is 17.4 Å². The molecule has 1 atom stereocenters. The van der Waals surface area contributed by atoms with Crippen molar-refractivity contribution in [3.63, 3.8) is 0 Å². The quantitative estimate of drug-likeness (QED) is 0.747. The second-order valence-electron chi connectivity index (χ2n) is 4.66. The highest BCUT2D eigenvalue weighted by atomic mass is 16.2. The largest absolute Gasteiger partial charge is 0.304 e. The van der Waals surface area contributed by atoms with Crippen LogP contribution in [0.4, 0.5) is 5.69 Å². The van der Waals surface area contributed by atoms with Crippen molar-refractivity contribution in [3.8, 4) is 0 Å². The zero-order chi connectivity index (χ0) is 12.4. The fraction of sp³-hybridized carbons (Fsp3) is 0.429. The summed E-state index contributed by atoms with van der Waals surface area (Å²) >= 11 is 0. The van der Waals surface area contributed by atoms with E-state index < -0.39 is 0 Å². The number of rotatable bonds is 4. The Hall–Kier alpha value is -1.64. The molecule has 0 saturated carbocycles. The molecule has 0 saturated heterocycles. The summed E-state index contributed by atoms with van der Waals surface area (Å²) in [5.74, 6) is -0.332. The Morgan fingerprint density at radius 1 is 1.24 bits per heavy atom. The van der Waals surface area contributed by atoms with Gasteiger partial charge in [0.1, 0.15) is 0 Å². The van der Waals surface area contributed by atoms with E-state index in [9.17, 15) is 9.59 Å². The van der Waals surface area contributed by atoms with Crippen LogP contribution in [0.15, 0.2) is 24.3 Å². The molecule has 1 aliphatic rings. The number of ketones is 1. The number of nitrogens with zero attached hydrogens (tertiary/aromatic N) is 1. The van der Waals surface area contributed by atoms with Crippen molar-refractivity contribution in [2.24, 2.45) is 5.92 Å². The predicted molar refractivity (Wildman–Crippen MR) is 67.2 cm³/mol. The number of fused-ring (bicyclic) bond motifs is 1. The molecule has 2 rings (SSSR count). The van der Waals surface area contributed by atoms with Crippen LogP contribution in [0, 0.1) is 5.92 Å². The molecule has 0 radical (unpaired) electrons. The molecule has 1 heterocycles. The Labute approximate surface area is 101 Å². The first-order valence-corrected chi connectivity index (χ1v) is 6.10. The number of para-hydroxylation sites is 1. The fourth-order valence-electron chi connectivity index (χ4n) is 2.33. The molecule has 1 aromatic rings. The molecule has 1 unspecified atom stereocenters. The maximum atomic E-state index is 11.9. The van der Waals surface area contributed by atoms with Crippen molar-refractivity contribution in [3.05, 3.63) is 29.8 Å². The van der Waals surface area contributed by atoms with Crippen molar-refractivity contribution in [1.82, 2.24) is 0 Å². The van der Waals surface area contributed by atoms with Crippen molar-refractivity contribution in [1.29, 1.82) is 0 Å². The van der Waals surface area contributed by atoms with Crippen LogP contribution in [0.5, 0.6) is 0 Å². The molecule has 0 spiro atoms. The smallest absolute Gasteiger partial charge is 0.299 e. The zero-order valence-corrected chi connectivity index (χ0v) is 10.3. The zero-order valence-electron chi connectivity index (χ0n) is 10.3. The number of hydrogen-bond donors (Lipinski definition) is 0. The number of amides is 1. The average Bonchev–Trinajstić information content (AvgIpc) is 2.56. The van der Waals surface area contributed by atoms with E-state index in [4.69, 9.17) is 0 Å². The standard InChI is InChI=1S/C14H17NO2/c1-3-6-10(2)9-15-12-8-5-4-7-11(12)13(16)14(15)17/h4-5,7-8,10H,3,6,9H2,1-2H3. The summed E-state index contributed by atoms with van der Waals surface area (Å²) in [5, 5.41) is 0. The van der Waals surface area contributed by atoms with E-state index in [2.05, 4.69) is 13.8 Å². The Balaban J connectivity index is 2.24. The van der Waals surface area contributed by atoms with Crippen molar-refractivity contribution in [2.75, 3.05) is 11.4 Å². The van der Waals surface area contributed by atoms with Gasteiger partial charge >= 0.3 is 0 Å². The molecule has 0 N–H and O–H groups in total. The summed E-state index contributed by atoms with van der Waals surface area (Å²) in [6.07, 6.45) is 2.17. The molecule has 1 amide bonds. The Morgan fingerprint density at radius 2 is 1.94 bits per heavy atom. The maximum absolute atomic E-state index is 11.9. The number of hydrogen-bond acceptors (Lipinski definition) is 2. The summed E-state index contributed by atoms with van der Waals surface area (Å²) in [5.41, 5.74) is 1.31. The normalized spacial score (nSPS) is 16.2. The molecule has 0 aliphatic carbocycles. The van der Waals surface area contributed by atoms with E-state index in [1.807, 2.05) is 12.1 Å². The number of Topliss-reactive ketones (excluding diaryl/α,β-unsaturated/α-hetero) is 1. The Kier molecular flexibility index (Phi) is 3.27. The monoisotopic (exact) mass is 231 g/mol. The molecule has 3 nitrogen and oxygen atoms in total. The van der Waals surface area contributed by atoms with Gasteiger partial charge in [-0.1, -0.05) is 32.4 Å². The summed E-state index contributed by atoms with van der Waals surface area (Å²) in [7, 11) is 0. The molecule has 1 aromatic carbocycles. The van der Waals surface area contributed by atoms with E-state index in [-0.39, 0.29) is 11.7 Å². The molecule has 17 heavy (non-hydrogen) atoms. The van der Waals surface area contributed by atoms with Crippen LogP contribution in [0.25, 0.3) is 0 Å². The van der Waals surface area contributed by atoms with Crippen molar-refractivity contribution in [2.45, 2.75) is 26.7 Å². The van der Waals surface area contributed by atoms with Crippen LogP contribution < -0.4 is 4.90 Å². The highest BCUT2D eigenvalue weighted by Gasteiger charge is 2.35. The molecule has 3 heteroatoms. The van der Waals surface area contributed by atoms with Gasteiger partial charge in [0.05, 0.1) is 11.3 Å². The predicted octanol–water partition coefficient (Wildman–Crippen LogP) is 2.65. The Morgan fingerprint density at radius 3 is 2.65 bits per heavy atom. The minimum Gasteiger partial charge on any atom is -0.304 e. The van der Waals surface area contributed by atoms with Gasteiger partial charge in [0, 0.05) is 6.54 Å². The second-order valence-corrected chi connectivity index (χ2v) is 4.66. The van der Waals surface area contributed by atoms with Crippen molar-refractivity contribution < 1.29 is 9.59 Å². The topological polar surface area (TPSA) is 37.4 Å². The minimum absolute atomic E-state index is 0.371. The molecule has 0 fully saturated rings. The third-order valence-corrected chi connectivity index (χ3v) is 3.15. The summed E-state index contributed by atoms with van der Waals surface area (Å²) in [6, 6.07) is 7.22. The molecule has 1 aliphatic heterocycles. The van der Waals surface area contributed by atoms with Gasteiger partial charge in [-0.3, -0.25) is 9.59 Å². The van der Waals surface area contributed by atoms with Gasteiger partial charge in [-0.25, -0.2) is 0 Å². The minimum atomic E-state index is -0.380. The maximum Gasteiger partial charge on any atom is 0.299 e. The number of anilines is 1. The highest BCUT2D eigenvalue weighted by molar-refractivity contribution is 6.52. The first-order chi connectivity index (χ1) is 8.15. The molecular formula is C14H17NO2. The van der Waals surface area contributed by atoms with Crippen LogP contribution in [0.2, 0.25) is 0 Å². The van der Waals surface area contributed by atoms with Gasteiger partial charge in [-0.2, -0.15) is 0 Å². The Bertz CT molecular complexity index is 453. The van der Waals surface area contributed by atoms with Crippen LogP contribution in [0.3, 0.4) is 0 Å². The SMILES string of the molecule is CCCC(C)CN1C(=O)C(=O)c2ccccc21. The van der Waals surface area contributed by atoms with E-state index in [1.54, 1.807) is 17.0 Å². The van der Waals surface area contributed by atoms with E-state index in [0.717, 1.165) is 18.5 Å². The molecule has 0 bridgehead atoms. The number of carbonyl (C=O) groups is 2. The lowest BCUT2D eigenvalue weighted by molar-refractivity contribution is -0.114. The van der Waals surface area contributed by atoms with Crippen LogP contribution in [-0.2, 0) is 4.79 Å². The highest BCUT2D eigenvalue weighted by Crippen LogP contribution is 2.29. The van der Waals surface area contributed by atoms with E-state index in [1.165, 1.54) is 0 Å².